The monoisotopic (exact) mass is 224 g/mol. The van der Waals surface area contributed by atoms with Crippen molar-refractivity contribution in [1.82, 2.24) is 0 Å². The molecule has 0 atom stereocenters. The lowest BCUT2D eigenvalue weighted by molar-refractivity contribution is 0.101. The fraction of sp³-hybridized carbons (Fsp3) is 0.188. The largest absolute Gasteiger partial charge is 0.295 e. The van der Waals surface area contributed by atoms with Gasteiger partial charge in [-0.3, -0.25) is 4.79 Å². The third-order valence-electron chi connectivity index (χ3n) is 2.99. The summed E-state index contributed by atoms with van der Waals surface area (Å²) in [5.74, 6) is 0.123. The van der Waals surface area contributed by atoms with E-state index in [4.69, 9.17) is 0 Å². The van der Waals surface area contributed by atoms with Crippen LogP contribution in [0.25, 0.3) is 11.1 Å². The lowest BCUT2D eigenvalue weighted by Gasteiger charge is -2.06. The molecule has 2 aromatic carbocycles. The van der Waals surface area contributed by atoms with Gasteiger partial charge in [-0.25, -0.2) is 0 Å². The second-order valence-corrected chi connectivity index (χ2v) is 4.45. The Kier molecular flexibility index (Phi) is 3.10. The second-order valence-electron chi connectivity index (χ2n) is 4.45. The number of Topliss-reactive ketones (excluding diaryl/α,β-unsaturated/α-hetero) is 1. The first-order chi connectivity index (χ1) is 8.08. The summed E-state index contributed by atoms with van der Waals surface area (Å²) in [4.78, 5) is 11.4. The van der Waals surface area contributed by atoms with Crippen molar-refractivity contribution >= 4 is 5.78 Å². The van der Waals surface area contributed by atoms with Crippen molar-refractivity contribution in [1.29, 1.82) is 0 Å². The van der Waals surface area contributed by atoms with Crippen molar-refractivity contribution in [2.75, 3.05) is 0 Å². The summed E-state index contributed by atoms with van der Waals surface area (Å²) in [6.07, 6.45) is 0. The minimum atomic E-state index is 0.123. The van der Waals surface area contributed by atoms with E-state index >= 15 is 0 Å². The van der Waals surface area contributed by atoms with Crippen LogP contribution in [-0.2, 0) is 0 Å². The minimum absolute atomic E-state index is 0.123. The maximum Gasteiger partial charge on any atom is 0.160 e. The molecular formula is C16H16O. The summed E-state index contributed by atoms with van der Waals surface area (Å²) in [6, 6.07) is 14.4. The predicted molar refractivity (Wildman–Crippen MR) is 71.4 cm³/mol. The third kappa shape index (κ3) is 2.44. The molecule has 0 aromatic heterocycles. The van der Waals surface area contributed by atoms with Gasteiger partial charge in [-0.15, -0.1) is 0 Å². The first-order valence-corrected chi connectivity index (χ1v) is 5.76. The van der Waals surface area contributed by atoms with Crippen LogP contribution in [0.3, 0.4) is 0 Å². The number of benzene rings is 2. The Morgan fingerprint density at radius 2 is 1.47 bits per heavy atom. The predicted octanol–water partition coefficient (Wildman–Crippen LogP) is 4.17. The zero-order valence-corrected chi connectivity index (χ0v) is 10.4. The second kappa shape index (κ2) is 4.54. The Labute approximate surface area is 102 Å². The standard InChI is InChI=1S/C16H16O/c1-11-4-6-14(7-5-11)15-8-9-16(13(3)17)12(2)10-15/h4-10H,1-3H3. The van der Waals surface area contributed by atoms with E-state index in [0.29, 0.717) is 0 Å². The molecule has 2 rings (SSSR count). The van der Waals surface area contributed by atoms with Gasteiger partial charge in [0.25, 0.3) is 0 Å². The van der Waals surface area contributed by atoms with Crippen LogP contribution < -0.4 is 0 Å². The zero-order valence-electron chi connectivity index (χ0n) is 10.4. The maximum absolute atomic E-state index is 11.4. The Morgan fingerprint density at radius 3 is 2.00 bits per heavy atom. The minimum Gasteiger partial charge on any atom is -0.295 e. The van der Waals surface area contributed by atoms with Gasteiger partial charge in [-0.05, 0) is 37.5 Å². The van der Waals surface area contributed by atoms with Gasteiger partial charge in [0.15, 0.2) is 5.78 Å². The molecule has 0 spiro atoms. The average molecular weight is 224 g/mol. The number of carbonyl (C=O) groups is 1. The molecule has 0 radical (unpaired) electrons. The van der Waals surface area contributed by atoms with Crippen LogP contribution >= 0.6 is 0 Å². The summed E-state index contributed by atoms with van der Waals surface area (Å²) >= 11 is 0. The van der Waals surface area contributed by atoms with E-state index < -0.39 is 0 Å². The van der Waals surface area contributed by atoms with E-state index in [1.165, 1.54) is 11.1 Å². The fourth-order valence-electron chi connectivity index (χ4n) is 1.98. The van der Waals surface area contributed by atoms with E-state index in [1.54, 1.807) is 6.92 Å². The molecule has 17 heavy (non-hydrogen) atoms. The summed E-state index contributed by atoms with van der Waals surface area (Å²) in [5, 5.41) is 0. The van der Waals surface area contributed by atoms with E-state index in [2.05, 4.69) is 37.3 Å². The molecule has 1 nitrogen and oxygen atoms in total. The summed E-state index contributed by atoms with van der Waals surface area (Å²) in [5.41, 5.74) is 5.45. The van der Waals surface area contributed by atoms with Gasteiger partial charge in [0, 0.05) is 5.56 Å². The average Bonchev–Trinajstić information content (AvgIpc) is 2.29. The van der Waals surface area contributed by atoms with Gasteiger partial charge in [0.1, 0.15) is 0 Å². The normalized spacial score (nSPS) is 10.3. The van der Waals surface area contributed by atoms with Gasteiger partial charge in [0.05, 0.1) is 0 Å². The number of hydrogen-bond acceptors (Lipinski definition) is 1. The van der Waals surface area contributed by atoms with E-state index in [-0.39, 0.29) is 5.78 Å². The Bertz CT molecular complexity index is 550. The molecule has 0 heterocycles. The first-order valence-electron chi connectivity index (χ1n) is 5.76. The maximum atomic E-state index is 11.4. The summed E-state index contributed by atoms with van der Waals surface area (Å²) < 4.78 is 0. The molecule has 0 fully saturated rings. The molecule has 0 unspecified atom stereocenters. The fourth-order valence-corrected chi connectivity index (χ4v) is 1.98. The van der Waals surface area contributed by atoms with Gasteiger partial charge in [0.2, 0.25) is 0 Å². The first kappa shape index (κ1) is 11.6. The highest BCUT2D eigenvalue weighted by Gasteiger charge is 2.05. The molecule has 0 N–H and O–H groups in total. The third-order valence-corrected chi connectivity index (χ3v) is 2.99. The van der Waals surface area contributed by atoms with Crippen LogP contribution in [0, 0.1) is 13.8 Å². The Morgan fingerprint density at radius 1 is 0.882 bits per heavy atom. The quantitative estimate of drug-likeness (QED) is 0.699. The summed E-state index contributed by atoms with van der Waals surface area (Å²) in [6.45, 7) is 5.66. The molecule has 0 aliphatic carbocycles. The smallest absolute Gasteiger partial charge is 0.160 e. The number of ketones is 1. The Hall–Kier alpha value is -1.89. The molecule has 0 bridgehead atoms. The highest BCUT2D eigenvalue weighted by Crippen LogP contribution is 2.22. The van der Waals surface area contributed by atoms with Crippen molar-refractivity contribution in [2.45, 2.75) is 20.8 Å². The van der Waals surface area contributed by atoms with Crippen molar-refractivity contribution < 1.29 is 4.79 Å². The van der Waals surface area contributed by atoms with E-state index in [0.717, 1.165) is 16.7 Å². The van der Waals surface area contributed by atoms with Crippen LogP contribution in [0.5, 0.6) is 0 Å². The highest BCUT2D eigenvalue weighted by atomic mass is 16.1. The molecule has 0 aliphatic heterocycles. The van der Waals surface area contributed by atoms with Crippen LogP contribution in [0.2, 0.25) is 0 Å². The number of aryl methyl sites for hydroxylation is 2. The topological polar surface area (TPSA) is 17.1 Å². The van der Waals surface area contributed by atoms with Crippen molar-refractivity contribution in [3.05, 3.63) is 59.2 Å². The van der Waals surface area contributed by atoms with Crippen LogP contribution in [0.15, 0.2) is 42.5 Å². The van der Waals surface area contributed by atoms with Crippen molar-refractivity contribution in [3.63, 3.8) is 0 Å². The van der Waals surface area contributed by atoms with Crippen LogP contribution in [0.4, 0.5) is 0 Å². The molecular weight excluding hydrogens is 208 g/mol. The lowest BCUT2D eigenvalue weighted by atomic mass is 9.98. The molecule has 2 aromatic rings. The SMILES string of the molecule is CC(=O)c1ccc(-c2ccc(C)cc2)cc1C. The molecule has 0 saturated carbocycles. The highest BCUT2D eigenvalue weighted by molar-refractivity contribution is 5.96. The molecule has 86 valence electrons. The Balaban J connectivity index is 2.44. The van der Waals surface area contributed by atoms with Crippen LogP contribution in [0.1, 0.15) is 28.4 Å². The zero-order chi connectivity index (χ0) is 12.4. The van der Waals surface area contributed by atoms with E-state index in [9.17, 15) is 4.79 Å². The number of rotatable bonds is 2. The number of hydrogen-bond donors (Lipinski definition) is 0. The lowest BCUT2D eigenvalue weighted by Crippen LogP contribution is -1.95. The van der Waals surface area contributed by atoms with Gasteiger partial charge < -0.3 is 0 Å². The van der Waals surface area contributed by atoms with Gasteiger partial charge in [-0.1, -0.05) is 48.0 Å². The molecule has 0 saturated heterocycles. The molecule has 0 amide bonds. The van der Waals surface area contributed by atoms with Gasteiger partial charge >= 0.3 is 0 Å². The molecule has 1 heteroatoms. The van der Waals surface area contributed by atoms with Gasteiger partial charge in [-0.2, -0.15) is 0 Å². The van der Waals surface area contributed by atoms with Crippen LogP contribution in [-0.4, -0.2) is 5.78 Å². The summed E-state index contributed by atoms with van der Waals surface area (Å²) in [7, 11) is 0. The van der Waals surface area contributed by atoms with Crippen molar-refractivity contribution in [3.8, 4) is 11.1 Å². The van der Waals surface area contributed by atoms with Crippen molar-refractivity contribution in [2.24, 2.45) is 0 Å². The number of carbonyl (C=O) groups excluding carboxylic acids is 1. The van der Waals surface area contributed by atoms with E-state index in [1.807, 2.05) is 19.1 Å². The molecule has 0 aliphatic rings.